The fourth-order valence-corrected chi connectivity index (χ4v) is 3.83. The molecule has 1 heterocycles. The van der Waals surface area contributed by atoms with Crippen LogP contribution in [-0.4, -0.2) is 56.4 Å². The first kappa shape index (κ1) is 22.3. The molecule has 6 nitrogen and oxygen atoms in total. The molecule has 0 saturated heterocycles. The van der Waals surface area contributed by atoms with Crippen LogP contribution in [0.4, 0.5) is 0 Å². The van der Waals surface area contributed by atoms with Gasteiger partial charge in [-0.15, -0.1) is 11.8 Å². The van der Waals surface area contributed by atoms with E-state index in [9.17, 15) is 9.59 Å². The van der Waals surface area contributed by atoms with E-state index in [-0.39, 0.29) is 11.8 Å². The second-order valence-corrected chi connectivity index (χ2v) is 7.56. The van der Waals surface area contributed by atoms with Crippen LogP contribution in [0.15, 0.2) is 23.1 Å². The van der Waals surface area contributed by atoms with E-state index in [0.717, 1.165) is 12.8 Å². The lowest BCUT2D eigenvalue weighted by atomic mass is 10.1. The van der Waals surface area contributed by atoms with E-state index in [0.29, 0.717) is 59.5 Å². The van der Waals surface area contributed by atoms with Crippen LogP contribution >= 0.6 is 11.8 Å². The van der Waals surface area contributed by atoms with E-state index in [2.05, 4.69) is 6.92 Å². The number of unbranched alkanes of at least 4 members (excludes halogenated alkanes) is 1. The van der Waals surface area contributed by atoms with Gasteiger partial charge in [0, 0.05) is 19.8 Å². The Hall–Kier alpha value is -1.99. The lowest BCUT2D eigenvalue weighted by molar-refractivity contribution is -0.136. The number of hydrogen-bond donors (Lipinski definition) is 0. The Balaban J connectivity index is 2.19. The van der Waals surface area contributed by atoms with Crippen LogP contribution in [0.2, 0.25) is 0 Å². The normalized spacial score (nSPS) is 14.2. The first-order valence-corrected chi connectivity index (χ1v) is 10.6. The van der Waals surface area contributed by atoms with Crippen LogP contribution in [-0.2, 0) is 14.3 Å². The van der Waals surface area contributed by atoms with Gasteiger partial charge in [0.2, 0.25) is 0 Å². The molecule has 0 fully saturated rings. The highest BCUT2D eigenvalue weighted by Gasteiger charge is 2.38. The van der Waals surface area contributed by atoms with Crippen molar-refractivity contribution < 1.29 is 23.8 Å². The van der Waals surface area contributed by atoms with Crippen LogP contribution in [0.25, 0.3) is 5.57 Å². The second kappa shape index (κ2) is 11.1. The van der Waals surface area contributed by atoms with Gasteiger partial charge in [0.25, 0.3) is 11.8 Å². The second-order valence-electron chi connectivity index (χ2n) is 6.29. The Morgan fingerprint density at radius 3 is 2.32 bits per heavy atom. The number of imide groups is 1. The summed E-state index contributed by atoms with van der Waals surface area (Å²) in [6, 6.07) is 5.28. The molecule has 7 heteroatoms. The number of nitrogens with zero attached hydrogens (tertiary/aromatic N) is 1. The molecular weight excluding hydrogens is 378 g/mol. The van der Waals surface area contributed by atoms with Crippen molar-refractivity contribution in [3.8, 4) is 11.5 Å². The smallest absolute Gasteiger partial charge is 0.267 e. The minimum absolute atomic E-state index is 0.227. The topological polar surface area (TPSA) is 65.1 Å². The van der Waals surface area contributed by atoms with Gasteiger partial charge >= 0.3 is 0 Å². The number of ether oxygens (including phenoxy) is 3. The molecule has 1 aliphatic heterocycles. The Bertz CT molecular complexity index is 732. The summed E-state index contributed by atoms with van der Waals surface area (Å²) in [4.78, 5) is 27.7. The number of carbonyl (C=O) groups excluding carboxylic acids is 2. The highest BCUT2D eigenvalue weighted by Crippen LogP contribution is 2.39. The number of hydrogen-bond acceptors (Lipinski definition) is 6. The summed E-state index contributed by atoms with van der Waals surface area (Å²) in [5, 5.41) is 0. The molecule has 28 heavy (non-hydrogen) atoms. The first-order valence-electron chi connectivity index (χ1n) is 9.62. The minimum atomic E-state index is -0.262. The van der Waals surface area contributed by atoms with E-state index >= 15 is 0 Å². The first-order chi connectivity index (χ1) is 13.6. The largest absolute Gasteiger partial charge is 0.493 e. The number of carbonyl (C=O) groups is 2. The highest BCUT2D eigenvalue weighted by atomic mass is 32.2. The number of methoxy groups -OCH3 is 2. The van der Waals surface area contributed by atoms with Crippen LogP contribution in [0.5, 0.6) is 11.5 Å². The molecule has 0 spiro atoms. The standard InChI is InChI=1S/C21H29NO5S/c1-5-7-12-27-13-8-11-22-20(23)18(19(21(22)24)28-6-2)15-9-10-16(25-3)17(14-15)26-4/h9-10,14H,5-8,11-13H2,1-4H3. The van der Waals surface area contributed by atoms with Crippen LogP contribution < -0.4 is 9.47 Å². The lowest BCUT2D eigenvalue weighted by Crippen LogP contribution is -2.33. The molecule has 0 aromatic heterocycles. The zero-order valence-electron chi connectivity index (χ0n) is 17.1. The van der Waals surface area contributed by atoms with Gasteiger partial charge in [0.05, 0.1) is 24.7 Å². The van der Waals surface area contributed by atoms with Crippen molar-refractivity contribution in [2.45, 2.75) is 33.1 Å². The number of amides is 2. The third-order valence-electron chi connectivity index (χ3n) is 4.40. The van der Waals surface area contributed by atoms with Gasteiger partial charge in [-0.2, -0.15) is 0 Å². The monoisotopic (exact) mass is 407 g/mol. The van der Waals surface area contributed by atoms with E-state index < -0.39 is 0 Å². The van der Waals surface area contributed by atoms with Crippen LogP contribution in [0.1, 0.15) is 38.7 Å². The number of rotatable bonds is 12. The lowest BCUT2D eigenvalue weighted by Gasteiger charge is -2.15. The fourth-order valence-electron chi connectivity index (χ4n) is 2.95. The third-order valence-corrected chi connectivity index (χ3v) is 5.36. The zero-order valence-corrected chi connectivity index (χ0v) is 17.9. The number of benzene rings is 1. The molecule has 0 saturated carbocycles. The van der Waals surface area contributed by atoms with Crippen molar-refractivity contribution in [1.29, 1.82) is 0 Å². The van der Waals surface area contributed by atoms with Crippen molar-refractivity contribution in [2.75, 3.05) is 39.7 Å². The van der Waals surface area contributed by atoms with Crippen molar-refractivity contribution in [3.05, 3.63) is 28.7 Å². The molecule has 2 rings (SSSR count). The predicted octanol–water partition coefficient (Wildman–Crippen LogP) is 3.74. The molecule has 0 atom stereocenters. The van der Waals surface area contributed by atoms with Crippen molar-refractivity contribution >= 4 is 29.1 Å². The predicted molar refractivity (Wildman–Crippen MR) is 112 cm³/mol. The summed E-state index contributed by atoms with van der Waals surface area (Å²) in [6.45, 7) is 5.68. The molecule has 0 radical (unpaired) electrons. The molecule has 0 N–H and O–H groups in total. The quantitative estimate of drug-likeness (QED) is 0.388. The maximum absolute atomic E-state index is 13.0. The average Bonchev–Trinajstić information content (AvgIpc) is 2.94. The van der Waals surface area contributed by atoms with E-state index in [1.807, 2.05) is 6.92 Å². The summed E-state index contributed by atoms with van der Waals surface area (Å²) in [5.74, 6) is 1.32. The molecule has 0 bridgehead atoms. The van der Waals surface area contributed by atoms with Gasteiger partial charge in [-0.25, -0.2) is 0 Å². The minimum Gasteiger partial charge on any atom is -0.493 e. The molecule has 2 amide bonds. The van der Waals surface area contributed by atoms with Crippen molar-refractivity contribution in [3.63, 3.8) is 0 Å². The summed E-state index contributed by atoms with van der Waals surface area (Å²) in [5.41, 5.74) is 1.10. The Morgan fingerprint density at radius 1 is 0.964 bits per heavy atom. The van der Waals surface area contributed by atoms with Gasteiger partial charge in [0.1, 0.15) is 0 Å². The van der Waals surface area contributed by atoms with E-state index in [4.69, 9.17) is 14.2 Å². The molecular formula is C21H29NO5S. The van der Waals surface area contributed by atoms with Gasteiger partial charge in [-0.05, 0) is 36.3 Å². The maximum atomic E-state index is 13.0. The van der Waals surface area contributed by atoms with Crippen LogP contribution in [0.3, 0.4) is 0 Å². The average molecular weight is 408 g/mol. The highest BCUT2D eigenvalue weighted by molar-refractivity contribution is 8.04. The summed E-state index contributed by atoms with van der Waals surface area (Å²) in [7, 11) is 3.11. The molecule has 0 unspecified atom stereocenters. The maximum Gasteiger partial charge on any atom is 0.267 e. The summed E-state index contributed by atoms with van der Waals surface area (Å²) < 4.78 is 16.2. The molecule has 1 aromatic rings. The van der Waals surface area contributed by atoms with Gasteiger partial charge in [-0.1, -0.05) is 26.3 Å². The summed E-state index contributed by atoms with van der Waals surface area (Å²) in [6.07, 6.45) is 2.73. The Morgan fingerprint density at radius 2 is 1.68 bits per heavy atom. The van der Waals surface area contributed by atoms with Crippen molar-refractivity contribution in [2.24, 2.45) is 0 Å². The SMILES string of the molecule is CCCCOCCCN1C(=O)C(SCC)=C(c2ccc(OC)c(OC)c2)C1=O. The molecule has 1 aromatic carbocycles. The zero-order chi connectivity index (χ0) is 20.5. The Kier molecular flexibility index (Phi) is 8.86. The summed E-state index contributed by atoms with van der Waals surface area (Å²) >= 11 is 1.40. The fraction of sp³-hybridized carbons (Fsp3) is 0.524. The number of thioether (sulfide) groups is 1. The molecule has 154 valence electrons. The van der Waals surface area contributed by atoms with Gasteiger partial charge in [0.15, 0.2) is 11.5 Å². The third kappa shape index (κ3) is 5.08. The Labute approximate surface area is 171 Å². The van der Waals surface area contributed by atoms with Gasteiger partial charge in [-0.3, -0.25) is 14.5 Å². The van der Waals surface area contributed by atoms with Crippen LogP contribution in [0, 0.1) is 0 Å². The van der Waals surface area contributed by atoms with E-state index in [1.165, 1.54) is 16.7 Å². The van der Waals surface area contributed by atoms with Crippen molar-refractivity contribution in [1.82, 2.24) is 4.90 Å². The van der Waals surface area contributed by atoms with E-state index in [1.54, 1.807) is 32.4 Å². The molecule has 1 aliphatic rings. The molecule has 0 aliphatic carbocycles. The van der Waals surface area contributed by atoms with Gasteiger partial charge < -0.3 is 14.2 Å².